The second kappa shape index (κ2) is 11.2. The molecule has 0 bridgehead atoms. The van der Waals surface area contributed by atoms with Gasteiger partial charge < -0.3 is 26.0 Å². The highest BCUT2D eigenvalue weighted by atomic mass is 16.5. The van der Waals surface area contributed by atoms with E-state index < -0.39 is 0 Å². The third-order valence-corrected chi connectivity index (χ3v) is 4.66. The van der Waals surface area contributed by atoms with Crippen LogP contribution in [0.2, 0.25) is 0 Å². The van der Waals surface area contributed by atoms with E-state index in [2.05, 4.69) is 20.5 Å². The standard InChI is InChI=1S/C20H31N5O3/c1-3-22-20(25-10-4-5-16(14-25)11-18(21)26)24-13-19(27)23-12-15-6-8-17(28-2)9-7-15/h6-9,16H,3-5,10-14H2,1-2H3,(H2,21,26)(H,22,24)(H,23,27). The van der Waals surface area contributed by atoms with Crippen molar-refractivity contribution in [3.8, 4) is 5.75 Å². The lowest BCUT2D eigenvalue weighted by molar-refractivity contribution is -0.120. The van der Waals surface area contributed by atoms with Crippen molar-refractivity contribution in [3.05, 3.63) is 29.8 Å². The smallest absolute Gasteiger partial charge is 0.242 e. The van der Waals surface area contributed by atoms with Crippen LogP contribution >= 0.6 is 0 Å². The molecule has 8 heteroatoms. The van der Waals surface area contributed by atoms with Gasteiger partial charge in [-0.05, 0) is 43.4 Å². The molecule has 0 spiro atoms. The van der Waals surface area contributed by atoms with Gasteiger partial charge in [0.25, 0.3) is 0 Å². The lowest BCUT2D eigenvalue weighted by Gasteiger charge is -2.34. The van der Waals surface area contributed by atoms with Crippen molar-refractivity contribution in [2.75, 3.05) is 33.3 Å². The second-order valence-electron chi connectivity index (χ2n) is 6.92. The maximum atomic E-state index is 12.2. The highest BCUT2D eigenvalue weighted by Crippen LogP contribution is 2.19. The van der Waals surface area contributed by atoms with Gasteiger partial charge in [-0.3, -0.25) is 9.59 Å². The SMILES string of the molecule is CCNC(=NCC(=O)NCc1ccc(OC)cc1)N1CCCC(CC(N)=O)C1. The van der Waals surface area contributed by atoms with Crippen LogP contribution in [0.1, 0.15) is 31.7 Å². The Morgan fingerprint density at radius 2 is 2.04 bits per heavy atom. The Morgan fingerprint density at radius 3 is 2.68 bits per heavy atom. The van der Waals surface area contributed by atoms with Crippen molar-refractivity contribution in [1.29, 1.82) is 0 Å². The largest absolute Gasteiger partial charge is 0.497 e. The van der Waals surface area contributed by atoms with Crippen molar-refractivity contribution < 1.29 is 14.3 Å². The number of methoxy groups -OCH3 is 1. The summed E-state index contributed by atoms with van der Waals surface area (Å²) in [7, 11) is 1.62. The lowest BCUT2D eigenvalue weighted by Crippen LogP contribution is -2.47. The summed E-state index contributed by atoms with van der Waals surface area (Å²) in [6.07, 6.45) is 2.35. The molecule has 2 amide bonds. The first kappa shape index (κ1) is 21.5. The van der Waals surface area contributed by atoms with Gasteiger partial charge in [0, 0.05) is 32.6 Å². The van der Waals surface area contributed by atoms with Gasteiger partial charge >= 0.3 is 0 Å². The van der Waals surface area contributed by atoms with E-state index in [4.69, 9.17) is 10.5 Å². The van der Waals surface area contributed by atoms with Gasteiger partial charge in [-0.15, -0.1) is 0 Å². The summed E-state index contributed by atoms with van der Waals surface area (Å²) in [4.78, 5) is 30.0. The number of hydrogen-bond acceptors (Lipinski definition) is 4. The number of benzene rings is 1. The van der Waals surface area contributed by atoms with E-state index in [1.54, 1.807) is 7.11 Å². The van der Waals surface area contributed by atoms with Crippen molar-refractivity contribution in [2.24, 2.45) is 16.6 Å². The number of primary amides is 1. The van der Waals surface area contributed by atoms with E-state index in [0.29, 0.717) is 25.5 Å². The number of nitrogens with one attached hydrogen (secondary N) is 2. The van der Waals surface area contributed by atoms with Crippen LogP contribution < -0.4 is 21.1 Å². The number of likely N-dealkylation sites (tertiary alicyclic amines) is 1. The van der Waals surface area contributed by atoms with Crippen molar-refractivity contribution in [3.63, 3.8) is 0 Å². The fraction of sp³-hybridized carbons (Fsp3) is 0.550. The van der Waals surface area contributed by atoms with Crippen molar-refractivity contribution >= 4 is 17.8 Å². The summed E-state index contributed by atoms with van der Waals surface area (Å²) in [6, 6.07) is 7.56. The predicted molar refractivity (Wildman–Crippen MR) is 109 cm³/mol. The van der Waals surface area contributed by atoms with Crippen LogP contribution in [0.25, 0.3) is 0 Å². The number of carbonyl (C=O) groups excluding carboxylic acids is 2. The Bertz CT molecular complexity index is 675. The number of amides is 2. The van der Waals surface area contributed by atoms with Crippen LogP contribution in [-0.4, -0.2) is 56.0 Å². The maximum absolute atomic E-state index is 12.2. The molecule has 0 radical (unpaired) electrons. The van der Waals surface area contributed by atoms with E-state index in [9.17, 15) is 9.59 Å². The number of piperidine rings is 1. The molecular formula is C20H31N5O3. The fourth-order valence-corrected chi connectivity index (χ4v) is 3.28. The van der Waals surface area contributed by atoms with Crippen LogP contribution in [-0.2, 0) is 16.1 Å². The first-order chi connectivity index (χ1) is 13.5. The van der Waals surface area contributed by atoms with Crippen LogP contribution in [0.4, 0.5) is 0 Å². The van der Waals surface area contributed by atoms with Gasteiger partial charge in [-0.2, -0.15) is 0 Å². The number of guanidine groups is 1. The molecule has 1 aliphatic rings. The number of nitrogens with two attached hydrogens (primary N) is 1. The third kappa shape index (κ3) is 7.09. The third-order valence-electron chi connectivity index (χ3n) is 4.66. The van der Waals surface area contributed by atoms with Crippen LogP contribution in [0, 0.1) is 5.92 Å². The van der Waals surface area contributed by atoms with Gasteiger partial charge in [-0.25, -0.2) is 4.99 Å². The summed E-state index contributed by atoms with van der Waals surface area (Å²) < 4.78 is 5.13. The molecule has 154 valence electrons. The minimum atomic E-state index is -0.272. The number of rotatable bonds is 8. The number of nitrogens with zero attached hydrogens (tertiary/aromatic N) is 2. The summed E-state index contributed by atoms with van der Waals surface area (Å²) in [5.74, 6) is 1.31. The maximum Gasteiger partial charge on any atom is 0.242 e. The minimum Gasteiger partial charge on any atom is -0.497 e. The number of ether oxygens (including phenoxy) is 1. The molecule has 28 heavy (non-hydrogen) atoms. The van der Waals surface area contributed by atoms with Gasteiger partial charge in [0.15, 0.2) is 5.96 Å². The molecule has 1 aliphatic heterocycles. The molecule has 0 aromatic heterocycles. The first-order valence-electron chi connectivity index (χ1n) is 9.73. The van der Waals surface area contributed by atoms with Gasteiger partial charge in [0.2, 0.25) is 11.8 Å². The summed E-state index contributed by atoms with van der Waals surface area (Å²) in [5.41, 5.74) is 6.33. The zero-order valence-electron chi connectivity index (χ0n) is 16.7. The molecular weight excluding hydrogens is 358 g/mol. The molecule has 1 fully saturated rings. The Kier molecular flexibility index (Phi) is 8.58. The molecule has 8 nitrogen and oxygen atoms in total. The average Bonchev–Trinajstić information content (AvgIpc) is 2.69. The lowest BCUT2D eigenvalue weighted by atomic mass is 9.95. The van der Waals surface area contributed by atoms with Gasteiger partial charge in [0.1, 0.15) is 12.3 Å². The van der Waals surface area contributed by atoms with Gasteiger partial charge in [0.05, 0.1) is 7.11 Å². The zero-order chi connectivity index (χ0) is 20.4. The van der Waals surface area contributed by atoms with Gasteiger partial charge in [-0.1, -0.05) is 12.1 Å². The number of carbonyl (C=O) groups is 2. The molecule has 1 aromatic carbocycles. The van der Waals surface area contributed by atoms with E-state index in [1.165, 1.54) is 0 Å². The Labute approximate surface area is 166 Å². The van der Waals surface area contributed by atoms with Crippen LogP contribution in [0.3, 0.4) is 0 Å². The van der Waals surface area contributed by atoms with Crippen molar-refractivity contribution in [1.82, 2.24) is 15.5 Å². The van der Waals surface area contributed by atoms with Crippen molar-refractivity contribution in [2.45, 2.75) is 32.7 Å². The molecule has 4 N–H and O–H groups in total. The minimum absolute atomic E-state index is 0.0511. The summed E-state index contributed by atoms with van der Waals surface area (Å²) in [6.45, 7) is 4.78. The number of hydrogen-bond donors (Lipinski definition) is 3. The van der Waals surface area contributed by atoms with Crippen LogP contribution in [0.5, 0.6) is 5.75 Å². The second-order valence-corrected chi connectivity index (χ2v) is 6.92. The zero-order valence-corrected chi connectivity index (χ0v) is 16.7. The highest BCUT2D eigenvalue weighted by molar-refractivity contribution is 5.85. The predicted octanol–water partition coefficient (Wildman–Crippen LogP) is 0.864. The Morgan fingerprint density at radius 1 is 1.29 bits per heavy atom. The normalized spacial score (nSPS) is 17.1. The quantitative estimate of drug-likeness (QED) is 0.451. The summed E-state index contributed by atoms with van der Waals surface area (Å²) in [5, 5.41) is 6.11. The number of aliphatic imine (C=N–C) groups is 1. The molecule has 0 saturated carbocycles. The molecule has 1 unspecified atom stereocenters. The highest BCUT2D eigenvalue weighted by Gasteiger charge is 2.23. The monoisotopic (exact) mass is 389 g/mol. The average molecular weight is 390 g/mol. The Hall–Kier alpha value is -2.77. The Balaban J connectivity index is 1.87. The molecule has 2 rings (SSSR count). The van der Waals surface area contributed by atoms with E-state index in [-0.39, 0.29) is 24.3 Å². The first-order valence-corrected chi connectivity index (χ1v) is 9.73. The molecule has 1 atom stereocenters. The molecule has 1 heterocycles. The van der Waals surface area contributed by atoms with E-state index in [0.717, 1.165) is 37.2 Å². The summed E-state index contributed by atoms with van der Waals surface area (Å²) >= 11 is 0. The van der Waals surface area contributed by atoms with E-state index in [1.807, 2.05) is 31.2 Å². The molecule has 0 aliphatic carbocycles. The fourth-order valence-electron chi connectivity index (χ4n) is 3.28. The van der Waals surface area contributed by atoms with E-state index >= 15 is 0 Å². The molecule has 1 saturated heterocycles. The van der Waals surface area contributed by atoms with Crippen LogP contribution in [0.15, 0.2) is 29.3 Å². The molecule has 1 aromatic rings. The topological polar surface area (TPSA) is 109 Å².